The molecule has 0 amide bonds. The molecule has 7 rings (SSSR count). The molecule has 1 aromatic heterocycles. The SMILES string of the molecule is CCn1c2ccccc2c2cccc(-c3cc(-c4ccc(C=Cc5ccccc5)cc4)ccc3C=Cc3ccccc3)c21. The minimum absolute atomic E-state index is 0.911. The molecule has 0 saturated heterocycles. The van der Waals surface area contributed by atoms with Crippen molar-refractivity contribution in [3.63, 3.8) is 0 Å². The van der Waals surface area contributed by atoms with Gasteiger partial charge in [0.15, 0.2) is 0 Å². The first-order valence-electron chi connectivity index (χ1n) is 15.0. The Kier molecular flexibility index (Phi) is 7.29. The van der Waals surface area contributed by atoms with Crippen molar-refractivity contribution < 1.29 is 0 Å². The van der Waals surface area contributed by atoms with Gasteiger partial charge in [-0.2, -0.15) is 0 Å². The zero-order chi connectivity index (χ0) is 29.0. The van der Waals surface area contributed by atoms with E-state index in [1.54, 1.807) is 0 Å². The van der Waals surface area contributed by atoms with Crippen LogP contribution in [0.4, 0.5) is 0 Å². The Hall–Kier alpha value is -5.40. The van der Waals surface area contributed by atoms with E-state index in [0.29, 0.717) is 0 Å². The van der Waals surface area contributed by atoms with Gasteiger partial charge in [-0.25, -0.2) is 0 Å². The molecule has 0 radical (unpaired) electrons. The lowest BCUT2D eigenvalue weighted by atomic mass is 9.92. The summed E-state index contributed by atoms with van der Waals surface area (Å²) in [7, 11) is 0. The molecule has 1 heteroatoms. The summed E-state index contributed by atoms with van der Waals surface area (Å²) in [5, 5.41) is 2.60. The summed E-state index contributed by atoms with van der Waals surface area (Å²) in [6.07, 6.45) is 8.80. The fraction of sp³-hybridized carbons (Fsp3) is 0.0476. The fourth-order valence-electron chi connectivity index (χ4n) is 6.06. The van der Waals surface area contributed by atoms with Crippen molar-refractivity contribution >= 4 is 46.1 Å². The minimum atomic E-state index is 0.911. The van der Waals surface area contributed by atoms with Gasteiger partial charge in [0.1, 0.15) is 0 Å². The predicted octanol–water partition coefficient (Wildman–Crippen LogP) is 11.5. The number of fused-ring (bicyclic) bond motifs is 3. The lowest BCUT2D eigenvalue weighted by molar-refractivity contribution is 0.828. The van der Waals surface area contributed by atoms with Crippen molar-refractivity contribution in [2.75, 3.05) is 0 Å². The van der Waals surface area contributed by atoms with Crippen LogP contribution in [0.3, 0.4) is 0 Å². The van der Waals surface area contributed by atoms with E-state index in [4.69, 9.17) is 0 Å². The van der Waals surface area contributed by atoms with E-state index in [1.165, 1.54) is 66.3 Å². The summed E-state index contributed by atoms with van der Waals surface area (Å²) in [6, 6.07) is 52.2. The Morgan fingerprint density at radius 2 is 1.05 bits per heavy atom. The first-order chi connectivity index (χ1) is 21.3. The van der Waals surface area contributed by atoms with Crippen LogP contribution in [0, 0.1) is 0 Å². The summed E-state index contributed by atoms with van der Waals surface area (Å²) < 4.78 is 2.46. The number of para-hydroxylation sites is 2. The Labute approximate surface area is 253 Å². The van der Waals surface area contributed by atoms with E-state index in [2.05, 4.69) is 175 Å². The highest BCUT2D eigenvalue weighted by molar-refractivity contribution is 6.13. The molecule has 0 aliphatic carbocycles. The molecule has 0 saturated carbocycles. The Morgan fingerprint density at radius 3 is 1.74 bits per heavy atom. The first kappa shape index (κ1) is 26.5. The molecule has 0 atom stereocenters. The van der Waals surface area contributed by atoms with Crippen LogP contribution in [0.5, 0.6) is 0 Å². The van der Waals surface area contributed by atoms with Gasteiger partial charge in [0.05, 0.1) is 5.52 Å². The van der Waals surface area contributed by atoms with Gasteiger partial charge in [-0.15, -0.1) is 0 Å². The number of hydrogen-bond acceptors (Lipinski definition) is 0. The molecule has 1 nitrogen and oxygen atoms in total. The molecule has 43 heavy (non-hydrogen) atoms. The van der Waals surface area contributed by atoms with Crippen LogP contribution in [0.2, 0.25) is 0 Å². The second-order valence-electron chi connectivity index (χ2n) is 10.9. The molecule has 1 heterocycles. The van der Waals surface area contributed by atoms with Gasteiger partial charge in [-0.05, 0) is 58.0 Å². The number of rotatable bonds is 7. The highest BCUT2D eigenvalue weighted by Crippen LogP contribution is 2.39. The van der Waals surface area contributed by atoms with E-state index in [-0.39, 0.29) is 0 Å². The third kappa shape index (κ3) is 5.34. The second-order valence-corrected chi connectivity index (χ2v) is 10.9. The molecule has 0 aliphatic heterocycles. The molecule has 6 aromatic carbocycles. The number of aryl methyl sites for hydroxylation is 1. The molecule has 0 spiro atoms. The van der Waals surface area contributed by atoms with E-state index in [9.17, 15) is 0 Å². The average molecular weight is 552 g/mol. The average Bonchev–Trinajstić information content (AvgIpc) is 3.41. The van der Waals surface area contributed by atoms with Gasteiger partial charge in [-0.1, -0.05) is 158 Å². The summed E-state index contributed by atoms with van der Waals surface area (Å²) in [5.41, 5.74) is 12.3. The van der Waals surface area contributed by atoms with E-state index >= 15 is 0 Å². The molecular weight excluding hydrogens is 518 g/mol. The lowest BCUT2D eigenvalue weighted by Gasteiger charge is -2.14. The monoisotopic (exact) mass is 551 g/mol. The van der Waals surface area contributed by atoms with Crippen LogP contribution in [0.1, 0.15) is 29.2 Å². The van der Waals surface area contributed by atoms with E-state index < -0.39 is 0 Å². The lowest BCUT2D eigenvalue weighted by Crippen LogP contribution is -1.96. The Balaban J connectivity index is 1.35. The maximum Gasteiger partial charge on any atom is 0.0571 e. The largest absolute Gasteiger partial charge is 0.340 e. The molecule has 7 aromatic rings. The third-order valence-electron chi connectivity index (χ3n) is 8.22. The number of benzene rings is 6. The van der Waals surface area contributed by atoms with Crippen LogP contribution in [0.25, 0.3) is 68.4 Å². The number of aromatic nitrogens is 1. The number of nitrogens with zero attached hydrogens (tertiary/aromatic N) is 1. The van der Waals surface area contributed by atoms with Crippen LogP contribution < -0.4 is 0 Å². The highest BCUT2D eigenvalue weighted by atomic mass is 15.0. The minimum Gasteiger partial charge on any atom is -0.340 e. The summed E-state index contributed by atoms with van der Waals surface area (Å²) >= 11 is 0. The van der Waals surface area contributed by atoms with E-state index in [1.807, 2.05) is 6.07 Å². The number of hydrogen-bond donors (Lipinski definition) is 0. The second kappa shape index (κ2) is 11.8. The van der Waals surface area contributed by atoms with Crippen molar-refractivity contribution in [2.45, 2.75) is 13.5 Å². The van der Waals surface area contributed by atoms with Gasteiger partial charge < -0.3 is 4.57 Å². The van der Waals surface area contributed by atoms with E-state index in [0.717, 1.165) is 6.54 Å². The van der Waals surface area contributed by atoms with Crippen LogP contribution in [-0.2, 0) is 6.54 Å². The summed E-state index contributed by atoms with van der Waals surface area (Å²) in [5.74, 6) is 0. The van der Waals surface area contributed by atoms with Crippen LogP contribution in [0.15, 0.2) is 146 Å². The Bertz CT molecular complexity index is 2080. The van der Waals surface area contributed by atoms with Crippen molar-refractivity contribution in [2.24, 2.45) is 0 Å². The molecule has 0 aliphatic rings. The zero-order valence-electron chi connectivity index (χ0n) is 24.3. The van der Waals surface area contributed by atoms with Gasteiger partial charge in [0, 0.05) is 28.4 Å². The van der Waals surface area contributed by atoms with Crippen molar-refractivity contribution in [1.29, 1.82) is 0 Å². The van der Waals surface area contributed by atoms with Crippen LogP contribution >= 0.6 is 0 Å². The quantitative estimate of drug-likeness (QED) is 0.174. The van der Waals surface area contributed by atoms with Crippen molar-refractivity contribution in [3.8, 4) is 22.3 Å². The smallest absolute Gasteiger partial charge is 0.0571 e. The molecule has 0 bridgehead atoms. The van der Waals surface area contributed by atoms with Crippen molar-refractivity contribution in [3.05, 3.63) is 168 Å². The zero-order valence-corrected chi connectivity index (χ0v) is 24.3. The maximum atomic E-state index is 2.46. The molecule has 0 unspecified atom stereocenters. The molecule has 0 fully saturated rings. The standard InChI is InChI=1S/C42H33N/c1-2-43-41-19-10-9-16-37(41)38-17-11-18-39(42(38)43)40-30-36(29-28-35(40)27-24-32-14-7-4-8-15-32)34-25-22-33(23-26-34)21-20-31-12-5-3-6-13-31/h3-30H,2H2,1H3. The van der Waals surface area contributed by atoms with Gasteiger partial charge in [-0.3, -0.25) is 0 Å². The van der Waals surface area contributed by atoms with Gasteiger partial charge in [0.2, 0.25) is 0 Å². The van der Waals surface area contributed by atoms with Gasteiger partial charge in [0.25, 0.3) is 0 Å². The highest BCUT2D eigenvalue weighted by Gasteiger charge is 2.16. The molecule has 206 valence electrons. The first-order valence-corrected chi connectivity index (χ1v) is 15.0. The molecule has 0 N–H and O–H groups in total. The van der Waals surface area contributed by atoms with Gasteiger partial charge >= 0.3 is 0 Å². The predicted molar refractivity (Wildman–Crippen MR) is 187 cm³/mol. The maximum absolute atomic E-state index is 2.46. The summed E-state index contributed by atoms with van der Waals surface area (Å²) in [4.78, 5) is 0. The van der Waals surface area contributed by atoms with Crippen LogP contribution in [-0.4, -0.2) is 4.57 Å². The normalized spacial score (nSPS) is 11.7. The Morgan fingerprint density at radius 1 is 0.465 bits per heavy atom. The summed E-state index contributed by atoms with van der Waals surface area (Å²) in [6.45, 7) is 3.15. The van der Waals surface area contributed by atoms with Crippen molar-refractivity contribution in [1.82, 2.24) is 4.57 Å². The third-order valence-corrected chi connectivity index (χ3v) is 8.22. The molecular formula is C42H33N. The fourth-order valence-corrected chi connectivity index (χ4v) is 6.06. The topological polar surface area (TPSA) is 4.93 Å².